The van der Waals surface area contributed by atoms with Crippen LogP contribution < -0.4 is 25.6 Å². The third-order valence-electron chi connectivity index (χ3n) is 4.30. The van der Waals surface area contributed by atoms with Crippen LogP contribution in [0.2, 0.25) is 0 Å². The van der Waals surface area contributed by atoms with Gasteiger partial charge in [0.25, 0.3) is 0 Å². The van der Waals surface area contributed by atoms with Crippen LogP contribution in [0, 0.1) is 0 Å². The molecule has 1 heterocycles. The highest BCUT2D eigenvalue weighted by Crippen LogP contribution is 2.32. The topological polar surface area (TPSA) is 71.6 Å². The van der Waals surface area contributed by atoms with E-state index in [1.807, 2.05) is 36.4 Å². The van der Waals surface area contributed by atoms with Gasteiger partial charge >= 0.3 is 0 Å². The summed E-state index contributed by atoms with van der Waals surface area (Å²) in [5.41, 5.74) is 6.33. The lowest BCUT2D eigenvalue weighted by Gasteiger charge is -2.12. The minimum atomic E-state index is -0.157. The van der Waals surface area contributed by atoms with Crippen molar-refractivity contribution in [2.45, 2.75) is 11.4 Å². The van der Waals surface area contributed by atoms with Crippen LogP contribution in [-0.2, 0) is 11.3 Å². The standard InChI is InChI=1S/C21H19N3O3S2/c25-20(12-29-17-7-6-15-3-1-2-4-16(15)10-17)23-24-21(28)22-11-14-5-8-18-19(9-14)27-13-26-18/h1-10H,11-13H2,(H,23,25)(H2,22,24,28). The second-order valence-corrected chi connectivity index (χ2v) is 7.80. The maximum absolute atomic E-state index is 12.1. The average Bonchev–Trinajstić information content (AvgIpc) is 3.22. The molecule has 4 rings (SSSR count). The van der Waals surface area contributed by atoms with Crippen LogP contribution in [0.4, 0.5) is 0 Å². The fraction of sp³-hybridized carbons (Fsp3) is 0.143. The van der Waals surface area contributed by atoms with Crippen LogP contribution >= 0.6 is 24.0 Å². The summed E-state index contributed by atoms with van der Waals surface area (Å²) in [7, 11) is 0. The Bertz CT molecular complexity index is 1060. The van der Waals surface area contributed by atoms with Crippen LogP contribution in [0.3, 0.4) is 0 Å². The van der Waals surface area contributed by atoms with Crippen molar-refractivity contribution in [1.29, 1.82) is 0 Å². The molecule has 0 unspecified atom stereocenters. The van der Waals surface area contributed by atoms with Crippen LogP contribution in [0.5, 0.6) is 11.5 Å². The Morgan fingerprint density at radius 2 is 1.79 bits per heavy atom. The summed E-state index contributed by atoms with van der Waals surface area (Å²) in [6.45, 7) is 0.750. The van der Waals surface area contributed by atoms with E-state index in [9.17, 15) is 4.79 Å². The molecule has 3 aromatic rings. The molecule has 148 valence electrons. The monoisotopic (exact) mass is 425 g/mol. The van der Waals surface area contributed by atoms with Gasteiger partial charge in [0, 0.05) is 11.4 Å². The number of carbonyl (C=O) groups is 1. The molecule has 29 heavy (non-hydrogen) atoms. The van der Waals surface area contributed by atoms with E-state index in [1.165, 1.54) is 17.1 Å². The van der Waals surface area contributed by atoms with Crippen molar-refractivity contribution in [2.75, 3.05) is 12.5 Å². The SMILES string of the molecule is O=C(CSc1ccc2ccccc2c1)NNC(=S)NCc1ccc2c(c1)OCO2. The minimum Gasteiger partial charge on any atom is -0.454 e. The third-order valence-corrected chi connectivity index (χ3v) is 5.54. The maximum Gasteiger partial charge on any atom is 0.248 e. The number of amides is 1. The molecule has 0 atom stereocenters. The van der Waals surface area contributed by atoms with Crippen LogP contribution in [0.15, 0.2) is 65.6 Å². The molecule has 1 aliphatic heterocycles. The first-order chi connectivity index (χ1) is 14.2. The van der Waals surface area contributed by atoms with E-state index in [-0.39, 0.29) is 18.5 Å². The first-order valence-electron chi connectivity index (χ1n) is 9.00. The number of hydrogen-bond donors (Lipinski definition) is 3. The molecule has 0 radical (unpaired) electrons. The lowest BCUT2D eigenvalue weighted by molar-refractivity contribution is -0.119. The second-order valence-electron chi connectivity index (χ2n) is 6.34. The van der Waals surface area contributed by atoms with E-state index in [0.29, 0.717) is 11.7 Å². The first kappa shape index (κ1) is 19.4. The molecular weight excluding hydrogens is 406 g/mol. The summed E-state index contributed by atoms with van der Waals surface area (Å²) in [6, 6.07) is 20.0. The van der Waals surface area contributed by atoms with Crippen molar-refractivity contribution in [1.82, 2.24) is 16.2 Å². The zero-order chi connectivity index (χ0) is 20.1. The van der Waals surface area contributed by atoms with Gasteiger partial charge < -0.3 is 14.8 Å². The predicted octanol–water partition coefficient (Wildman–Crippen LogP) is 3.36. The van der Waals surface area contributed by atoms with E-state index in [4.69, 9.17) is 21.7 Å². The summed E-state index contributed by atoms with van der Waals surface area (Å²) >= 11 is 6.68. The van der Waals surface area contributed by atoms with Gasteiger partial charge in [-0.1, -0.05) is 36.4 Å². The molecule has 0 aliphatic carbocycles. The summed E-state index contributed by atoms with van der Waals surface area (Å²) in [5.74, 6) is 1.60. The molecule has 1 aliphatic rings. The van der Waals surface area contributed by atoms with Crippen molar-refractivity contribution in [3.05, 3.63) is 66.2 Å². The third kappa shape index (κ3) is 5.10. The van der Waals surface area contributed by atoms with Gasteiger partial charge in [-0.2, -0.15) is 0 Å². The smallest absolute Gasteiger partial charge is 0.248 e. The van der Waals surface area contributed by atoms with E-state index < -0.39 is 0 Å². The second kappa shape index (κ2) is 9.02. The molecular formula is C21H19N3O3S2. The molecule has 6 nitrogen and oxygen atoms in total. The van der Waals surface area contributed by atoms with Gasteiger partial charge in [0.2, 0.25) is 12.7 Å². The van der Waals surface area contributed by atoms with E-state index in [0.717, 1.165) is 27.3 Å². The van der Waals surface area contributed by atoms with E-state index in [2.05, 4.69) is 40.4 Å². The Morgan fingerprint density at radius 1 is 0.966 bits per heavy atom. The van der Waals surface area contributed by atoms with Crippen molar-refractivity contribution < 1.29 is 14.3 Å². The largest absolute Gasteiger partial charge is 0.454 e. The Morgan fingerprint density at radius 3 is 2.69 bits per heavy atom. The summed E-state index contributed by atoms with van der Waals surface area (Å²) in [4.78, 5) is 13.1. The highest BCUT2D eigenvalue weighted by atomic mass is 32.2. The van der Waals surface area contributed by atoms with Crippen molar-refractivity contribution in [2.24, 2.45) is 0 Å². The van der Waals surface area contributed by atoms with Gasteiger partial charge in [-0.15, -0.1) is 11.8 Å². The molecule has 0 bridgehead atoms. The summed E-state index contributed by atoms with van der Waals surface area (Å²) in [6.07, 6.45) is 0. The Labute approximate surface area is 177 Å². The van der Waals surface area contributed by atoms with Gasteiger partial charge in [-0.3, -0.25) is 15.6 Å². The molecule has 3 aromatic carbocycles. The minimum absolute atomic E-state index is 0.157. The fourth-order valence-electron chi connectivity index (χ4n) is 2.85. The van der Waals surface area contributed by atoms with Gasteiger partial charge in [-0.25, -0.2) is 0 Å². The molecule has 3 N–H and O–H groups in total. The lowest BCUT2D eigenvalue weighted by atomic mass is 10.1. The zero-order valence-electron chi connectivity index (χ0n) is 15.4. The first-order valence-corrected chi connectivity index (χ1v) is 10.4. The zero-order valence-corrected chi connectivity index (χ0v) is 17.1. The quantitative estimate of drug-likeness (QED) is 0.329. The van der Waals surface area contributed by atoms with Crippen LogP contribution in [-0.4, -0.2) is 23.6 Å². The van der Waals surface area contributed by atoms with Crippen LogP contribution in [0.25, 0.3) is 10.8 Å². The molecule has 0 saturated heterocycles. The van der Waals surface area contributed by atoms with Crippen molar-refractivity contribution >= 4 is 45.8 Å². The van der Waals surface area contributed by atoms with Gasteiger partial charge in [0.15, 0.2) is 16.6 Å². The number of thiocarbonyl (C=S) groups is 1. The molecule has 8 heteroatoms. The highest BCUT2D eigenvalue weighted by Gasteiger charge is 2.13. The van der Waals surface area contributed by atoms with E-state index in [1.54, 1.807) is 0 Å². The lowest BCUT2D eigenvalue weighted by Crippen LogP contribution is -2.47. The Kier molecular flexibility index (Phi) is 6.02. The number of thioether (sulfide) groups is 1. The molecule has 0 aromatic heterocycles. The number of hydrogen-bond acceptors (Lipinski definition) is 5. The maximum atomic E-state index is 12.1. The van der Waals surface area contributed by atoms with E-state index >= 15 is 0 Å². The number of hydrazine groups is 1. The number of ether oxygens (including phenoxy) is 2. The Balaban J connectivity index is 1.19. The van der Waals surface area contributed by atoms with Crippen molar-refractivity contribution in [3.8, 4) is 11.5 Å². The van der Waals surface area contributed by atoms with Crippen molar-refractivity contribution in [3.63, 3.8) is 0 Å². The predicted molar refractivity (Wildman–Crippen MR) is 118 cm³/mol. The normalized spacial score (nSPS) is 11.9. The van der Waals surface area contributed by atoms with Gasteiger partial charge in [0.05, 0.1) is 5.75 Å². The van der Waals surface area contributed by atoms with Gasteiger partial charge in [-0.05, 0) is 52.8 Å². The number of carbonyl (C=O) groups excluding carboxylic acids is 1. The van der Waals surface area contributed by atoms with Gasteiger partial charge in [0.1, 0.15) is 0 Å². The molecule has 1 amide bonds. The number of benzene rings is 3. The summed E-state index contributed by atoms with van der Waals surface area (Å²) in [5, 5.41) is 5.72. The number of nitrogens with one attached hydrogen (secondary N) is 3. The number of fused-ring (bicyclic) bond motifs is 2. The van der Waals surface area contributed by atoms with Crippen LogP contribution in [0.1, 0.15) is 5.56 Å². The molecule has 0 spiro atoms. The number of rotatable bonds is 5. The Hall–Kier alpha value is -2.97. The molecule has 0 saturated carbocycles. The average molecular weight is 426 g/mol. The highest BCUT2D eigenvalue weighted by molar-refractivity contribution is 8.00. The molecule has 0 fully saturated rings. The summed E-state index contributed by atoms with van der Waals surface area (Å²) < 4.78 is 10.6. The fourth-order valence-corrected chi connectivity index (χ4v) is 3.71.